The van der Waals surface area contributed by atoms with Crippen molar-refractivity contribution in [2.45, 2.75) is 46.2 Å². The van der Waals surface area contributed by atoms with E-state index < -0.39 is 0 Å². The van der Waals surface area contributed by atoms with Crippen molar-refractivity contribution in [3.05, 3.63) is 64.4 Å². The van der Waals surface area contributed by atoms with Crippen LogP contribution < -0.4 is 10.9 Å². The molecule has 5 heterocycles. The summed E-state index contributed by atoms with van der Waals surface area (Å²) in [4.78, 5) is 15.4. The molecule has 0 radical (unpaired) electrons. The first kappa shape index (κ1) is 18.8. The first-order valence-electron chi connectivity index (χ1n) is 10.5. The molecule has 0 bridgehead atoms. The summed E-state index contributed by atoms with van der Waals surface area (Å²) in [6.45, 7) is 8.44. The molecule has 0 amide bonds. The minimum Gasteiger partial charge on any atom is -0.250 e. The lowest BCUT2D eigenvalue weighted by molar-refractivity contribution is 0.539. The van der Waals surface area contributed by atoms with Crippen molar-refractivity contribution >= 4 is 37.4 Å². The van der Waals surface area contributed by atoms with E-state index in [1.165, 1.54) is 22.3 Å². The molecule has 1 aromatic carbocycles. The summed E-state index contributed by atoms with van der Waals surface area (Å²) in [5.41, 5.74) is 14.8. The first-order chi connectivity index (χ1) is 15.0. The van der Waals surface area contributed by atoms with Gasteiger partial charge in [0.25, 0.3) is 0 Å². The van der Waals surface area contributed by atoms with Crippen LogP contribution in [-0.4, -0.2) is 24.6 Å². The van der Waals surface area contributed by atoms with Crippen LogP contribution in [0.4, 0.5) is 0 Å². The summed E-state index contributed by atoms with van der Waals surface area (Å²) in [7, 11) is 0. The fraction of sp³-hybridized carbons (Fsp3) is 0.304. The molecule has 1 aliphatic rings. The van der Waals surface area contributed by atoms with Crippen molar-refractivity contribution < 1.29 is 0 Å². The molecule has 2 unspecified atom stereocenters. The SMILES string of the molecule is Cc1ccc(C2CC(c3nc4c5sc6nc(C)cc(C)c6c5ncn4n3)NN2)c(C)c1. The van der Waals surface area contributed by atoms with Gasteiger partial charge in [-0.3, -0.25) is 0 Å². The average molecular weight is 430 g/mol. The highest BCUT2D eigenvalue weighted by Crippen LogP contribution is 2.36. The van der Waals surface area contributed by atoms with Crippen molar-refractivity contribution in [3.8, 4) is 0 Å². The van der Waals surface area contributed by atoms with Crippen LogP contribution >= 0.6 is 11.3 Å². The van der Waals surface area contributed by atoms with Crippen LogP contribution in [0.3, 0.4) is 0 Å². The van der Waals surface area contributed by atoms with Crippen LogP contribution in [0.5, 0.6) is 0 Å². The molecule has 5 aromatic rings. The van der Waals surface area contributed by atoms with Gasteiger partial charge in [0.05, 0.1) is 11.6 Å². The maximum absolute atomic E-state index is 4.93. The number of hydrazine groups is 1. The Bertz CT molecular complexity index is 1480. The molecule has 0 aliphatic carbocycles. The van der Waals surface area contributed by atoms with Crippen LogP contribution in [-0.2, 0) is 0 Å². The second-order valence-electron chi connectivity index (χ2n) is 8.51. The van der Waals surface area contributed by atoms with E-state index >= 15 is 0 Å². The summed E-state index contributed by atoms with van der Waals surface area (Å²) >= 11 is 1.64. The Morgan fingerprint density at radius 1 is 1.00 bits per heavy atom. The van der Waals surface area contributed by atoms with E-state index in [1.54, 1.807) is 22.2 Å². The van der Waals surface area contributed by atoms with Crippen molar-refractivity contribution in [1.29, 1.82) is 0 Å². The Hall–Kier alpha value is -2.94. The molecule has 31 heavy (non-hydrogen) atoms. The van der Waals surface area contributed by atoms with Gasteiger partial charge in [-0.1, -0.05) is 23.8 Å². The summed E-state index contributed by atoms with van der Waals surface area (Å²) in [6.07, 6.45) is 2.66. The Morgan fingerprint density at radius 3 is 2.68 bits per heavy atom. The van der Waals surface area contributed by atoms with E-state index in [2.05, 4.69) is 55.9 Å². The molecule has 156 valence electrons. The predicted molar refractivity (Wildman–Crippen MR) is 123 cm³/mol. The lowest BCUT2D eigenvalue weighted by Gasteiger charge is -2.13. The zero-order chi connectivity index (χ0) is 21.3. The Labute approximate surface area is 183 Å². The number of fused-ring (bicyclic) bond motifs is 5. The number of hydrogen-bond acceptors (Lipinski definition) is 7. The highest BCUT2D eigenvalue weighted by molar-refractivity contribution is 7.26. The second-order valence-corrected chi connectivity index (χ2v) is 9.51. The number of pyridine rings is 1. The normalized spacial score (nSPS) is 19.2. The number of nitrogens with one attached hydrogen (secondary N) is 2. The van der Waals surface area contributed by atoms with Gasteiger partial charge in [-0.15, -0.1) is 16.4 Å². The molecule has 2 atom stereocenters. The third-order valence-corrected chi connectivity index (χ3v) is 7.19. The quantitative estimate of drug-likeness (QED) is 0.433. The van der Waals surface area contributed by atoms with Crippen LogP contribution in [0.25, 0.3) is 26.1 Å². The van der Waals surface area contributed by atoms with E-state index in [0.717, 1.165) is 44.0 Å². The maximum Gasteiger partial charge on any atom is 0.176 e. The number of thiophene rings is 1. The summed E-state index contributed by atoms with van der Waals surface area (Å²) in [5.74, 6) is 0.785. The van der Waals surface area contributed by atoms with E-state index in [4.69, 9.17) is 20.1 Å². The van der Waals surface area contributed by atoms with Gasteiger partial charge in [-0.2, -0.15) is 0 Å². The molecule has 8 heteroatoms. The summed E-state index contributed by atoms with van der Waals surface area (Å²) in [6, 6.07) is 8.99. The van der Waals surface area contributed by atoms with Gasteiger partial charge in [0.2, 0.25) is 0 Å². The van der Waals surface area contributed by atoms with Gasteiger partial charge in [0, 0.05) is 17.1 Å². The molecule has 6 rings (SSSR count). The lowest BCUT2D eigenvalue weighted by Crippen LogP contribution is -2.27. The van der Waals surface area contributed by atoms with Gasteiger partial charge in [0.1, 0.15) is 15.9 Å². The number of rotatable bonds is 2. The van der Waals surface area contributed by atoms with Crippen molar-refractivity contribution in [1.82, 2.24) is 35.4 Å². The molecule has 4 aromatic heterocycles. The van der Waals surface area contributed by atoms with E-state index in [0.29, 0.717) is 0 Å². The monoisotopic (exact) mass is 429 g/mol. The average Bonchev–Trinajstić information content (AvgIpc) is 3.43. The zero-order valence-corrected chi connectivity index (χ0v) is 18.7. The van der Waals surface area contributed by atoms with E-state index in [-0.39, 0.29) is 12.1 Å². The minimum atomic E-state index is 0.0390. The van der Waals surface area contributed by atoms with Gasteiger partial charge in [-0.05, 0) is 56.9 Å². The maximum atomic E-state index is 4.93. The molecular weight excluding hydrogens is 406 g/mol. The van der Waals surface area contributed by atoms with Gasteiger partial charge in [0.15, 0.2) is 11.5 Å². The molecule has 2 N–H and O–H groups in total. The fourth-order valence-electron chi connectivity index (χ4n) is 4.68. The van der Waals surface area contributed by atoms with Crippen LogP contribution in [0.15, 0.2) is 30.6 Å². The summed E-state index contributed by atoms with van der Waals surface area (Å²) in [5, 5.41) is 5.87. The number of hydrogen-bond donors (Lipinski definition) is 2. The molecule has 1 fully saturated rings. The molecular formula is C23H23N7S. The van der Waals surface area contributed by atoms with Gasteiger partial charge < -0.3 is 0 Å². The minimum absolute atomic E-state index is 0.0390. The van der Waals surface area contributed by atoms with Crippen LogP contribution in [0.2, 0.25) is 0 Å². The number of aromatic nitrogens is 5. The highest BCUT2D eigenvalue weighted by Gasteiger charge is 2.30. The van der Waals surface area contributed by atoms with Crippen LogP contribution in [0.1, 0.15) is 52.3 Å². The fourth-order valence-corrected chi connectivity index (χ4v) is 5.90. The number of benzene rings is 1. The number of aryl methyl sites for hydroxylation is 4. The predicted octanol–water partition coefficient (Wildman–Crippen LogP) is 4.40. The third kappa shape index (κ3) is 2.94. The largest absolute Gasteiger partial charge is 0.250 e. The van der Waals surface area contributed by atoms with Gasteiger partial charge >= 0.3 is 0 Å². The highest BCUT2D eigenvalue weighted by atomic mass is 32.1. The molecule has 0 spiro atoms. The van der Waals surface area contributed by atoms with Crippen molar-refractivity contribution in [3.63, 3.8) is 0 Å². The Balaban J connectivity index is 1.40. The molecule has 0 saturated carbocycles. The zero-order valence-electron chi connectivity index (χ0n) is 17.9. The lowest BCUT2D eigenvalue weighted by atomic mass is 9.96. The summed E-state index contributed by atoms with van der Waals surface area (Å²) < 4.78 is 2.83. The smallest absolute Gasteiger partial charge is 0.176 e. The third-order valence-electron chi connectivity index (χ3n) is 6.12. The van der Waals surface area contributed by atoms with Crippen molar-refractivity contribution in [2.75, 3.05) is 0 Å². The Kier molecular flexibility index (Phi) is 4.11. The Morgan fingerprint density at radius 2 is 1.84 bits per heavy atom. The standard InChI is InChI=1S/C23H23N7S/c1-11-5-6-15(12(2)7-11)16-9-17(28-27-16)21-26-22-20-19(24-10-30(22)29-21)18-13(3)8-14(4)25-23(18)31-20/h5-8,10,16-17,27-28H,9H2,1-4H3. The van der Waals surface area contributed by atoms with Crippen LogP contribution in [0, 0.1) is 27.7 Å². The second kappa shape index (κ2) is 6.78. The molecule has 1 saturated heterocycles. The van der Waals surface area contributed by atoms with E-state index in [1.807, 2.05) is 6.92 Å². The first-order valence-corrected chi connectivity index (χ1v) is 11.3. The molecule has 7 nitrogen and oxygen atoms in total. The van der Waals surface area contributed by atoms with Crippen molar-refractivity contribution in [2.24, 2.45) is 0 Å². The van der Waals surface area contributed by atoms with Gasteiger partial charge in [-0.25, -0.2) is 30.3 Å². The number of nitrogens with zero attached hydrogens (tertiary/aromatic N) is 5. The molecule has 1 aliphatic heterocycles. The van der Waals surface area contributed by atoms with E-state index in [9.17, 15) is 0 Å². The topological polar surface area (TPSA) is 80.0 Å².